The Kier molecular flexibility index (Phi) is 3.90. The standard InChI is InChI=1S/C13H13F3N4OS/c14-13(15,16)11-10(22-6-18-11)12(21)17-5-9-7-3-1-2-4-8(7)19-20-9/h6H,1-5H2,(H,17,21)(H,19,20). The molecule has 2 aromatic heterocycles. The van der Waals surface area contributed by atoms with E-state index < -0.39 is 22.7 Å². The number of thiazole rings is 1. The molecule has 0 atom stereocenters. The topological polar surface area (TPSA) is 70.7 Å². The molecule has 0 aliphatic heterocycles. The van der Waals surface area contributed by atoms with Crippen LogP contribution in [0.4, 0.5) is 13.2 Å². The summed E-state index contributed by atoms with van der Waals surface area (Å²) in [7, 11) is 0. The fourth-order valence-electron chi connectivity index (χ4n) is 2.55. The van der Waals surface area contributed by atoms with Gasteiger partial charge < -0.3 is 5.32 Å². The highest BCUT2D eigenvalue weighted by atomic mass is 32.1. The molecule has 22 heavy (non-hydrogen) atoms. The second-order valence-corrected chi connectivity index (χ2v) is 5.90. The number of aryl methyl sites for hydroxylation is 1. The van der Waals surface area contributed by atoms with E-state index in [1.54, 1.807) is 0 Å². The molecular formula is C13H13F3N4OS. The summed E-state index contributed by atoms with van der Waals surface area (Å²) in [6.07, 6.45) is -0.676. The average molecular weight is 330 g/mol. The van der Waals surface area contributed by atoms with E-state index in [0.717, 1.165) is 42.5 Å². The molecule has 118 valence electrons. The van der Waals surface area contributed by atoms with Crippen molar-refractivity contribution < 1.29 is 18.0 Å². The van der Waals surface area contributed by atoms with Crippen LogP contribution in [-0.2, 0) is 25.6 Å². The predicted octanol–water partition coefficient (Wildman–Crippen LogP) is 2.69. The zero-order valence-electron chi connectivity index (χ0n) is 11.5. The molecule has 3 rings (SSSR count). The minimum atomic E-state index is -4.63. The molecule has 2 heterocycles. The lowest BCUT2D eigenvalue weighted by molar-refractivity contribution is -0.141. The molecule has 2 N–H and O–H groups in total. The van der Waals surface area contributed by atoms with Crippen LogP contribution in [0.25, 0.3) is 0 Å². The minimum absolute atomic E-state index is 0.111. The van der Waals surface area contributed by atoms with Gasteiger partial charge >= 0.3 is 6.18 Å². The van der Waals surface area contributed by atoms with Gasteiger partial charge in [0.2, 0.25) is 0 Å². The van der Waals surface area contributed by atoms with Gasteiger partial charge in [-0.1, -0.05) is 0 Å². The van der Waals surface area contributed by atoms with Gasteiger partial charge in [0.15, 0.2) is 5.69 Å². The van der Waals surface area contributed by atoms with E-state index in [2.05, 4.69) is 20.5 Å². The zero-order valence-corrected chi connectivity index (χ0v) is 12.3. The first-order valence-corrected chi connectivity index (χ1v) is 7.68. The number of hydrogen-bond acceptors (Lipinski definition) is 4. The van der Waals surface area contributed by atoms with Crippen molar-refractivity contribution in [3.8, 4) is 0 Å². The van der Waals surface area contributed by atoms with Gasteiger partial charge in [-0.05, 0) is 31.2 Å². The maximum Gasteiger partial charge on any atom is 0.434 e. The molecule has 0 saturated heterocycles. The van der Waals surface area contributed by atoms with Gasteiger partial charge in [0.25, 0.3) is 5.91 Å². The smallest absolute Gasteiger partial charge is 0.346 e. The average Bonchev–Trinajstić information content (AvgIpc) is 3.11. The highest BCUT2D eigenvalue weighted by Gasteiger charge is 2.38. The van der Waals surface area contributed by atoms with Crippen molar-refractivity contribution in [2.45, 2.75) is 38.4 Å². The molecule has 0 bridgehead atoms. The van der Waals surface area contributed by atoms with Crippen LogP contribution in [0, 0.1) is 0 Å². The summed E-state index contributed by atoms with van der Waals surface area (Å²) in [5.74, 6) is -0.776. The fourth-order valence-corrected chi connectivity index (χ4v) is 3.27. The molecule has 0 unspecified atom stereocenters. The summed E-state index contributed by atoms with van der Waals surface area (Å²) in [5, 5.41) is 9.58. The van der Waals surface area contributed by atoms with Crippen LogP contribution in [0.5, 0.6) is 0 Å². The quantitative estimate of drug-likeness (QED) is 0.909. The Hall–Kier alpha value is -1.90. The molecule has 0 fully saturated rings. The highest BCUT2D eigenvalue weighted by molar-refractivity contribution is 7.11. The minimum Gasteiger partial charge on any atom is -0.346 e. The van der Waals surface area contributed by atoms with Crippen molar-refractivity contribution in [1.29, 1.82) is 0 Å². The Morgan fingerprint density at radius 3 is 2.91 bits per heavy atom. The zero-order chi connectivity index (χ0) is 15.7. The Labute approximate surface area is 128 Å². The summed E-state index contributed by atoms with van der Waals surface area (Å²) >= 11 is 0.679. The van der Waals surface area contributed by atoms with E-state index in [9.17, 15) is 18.0 Å². The van der Waals surface area contributed by atoms with Crippen LogP contribution in [0.15, 0.2) is 5.51 Å². The van der Waals surface area contributed by atoms with E-state index in [0.29, 0.717) is 17.0 Å². The number of nitrogens with one attached hydrogen (secondary N) is 2. The molecule has 1 aliphatic rings. The van der Waals surface area contributed by atoms with Gasteiger partial charge in [0, 0.05) is 5.69 Å². The van der Waals surface area contributed by atoms with Gasteiger partial charge in [0.1, 0.15) is 4.88 Å². The molecular weight excluding hydrogens is 317 g/mol. The van der Waals surface area contributed by atoms with Gasteiger partial charge in [0.05, 0.1) is 17.7 Å². The Morgan fingerprint density at radius 2 is 2.14 bits per heavy atom. The monoisotopic (exact) mass is 330 g/mol. The van der Waals surface area contributed by atoms with E-state index in [4.69, 9.17) is 0 Å². The summed E-state index contributed by atoms with van der Waals surface area (Å²) in [4.78, 5) is 14.8. The van der Waals surface area contributed by atoms with Crippen LogP contribution >= 0.6 is 11.3 Å². The van der Waals surface area contributed by atoms with E-state index in [1.165, 1.54) is 0 Å². The number of H-pyrrole nitrogens is 1. The summed E-state index contributed by atoms with van der Waals surface area (Å²) in [6, 6.07) is 0. The van der Waals surface area contributed by atoms with Crippen molar-refractivity contribution in [2.75, 3.05) is 0 Å². The number of aromatic nitrogens is 3. The number of amides is 1. The molecule has 0 saturated carbocycles. The summed E-state index contributed by atoms with van der Waals surface area (Å²) in [6.45, 7) is 0.111. The number of rotatable bonds is 3. The Bertz CT molecular complexity index is 692. The largest absolute Gasteiger partial charge is 0.434 e. The van der Waals surface area contributed by atoms with Crippen molar-refractivity contribution in [3.05, 3.63) is 33.0 Å². The van der Waals surface area contributed by atoms with Crippen LogP contribution in [0.1, 0.15) is 45.2 Å². The molecule has 1 aliphatic carbocycles. The van der Waals surface area contributed by atoms with E-state index >= 15 is 0 Å². The van der Waals surface area contributed by atoms with Crippen LogP contribution < -0.4 is 5.32 Å². The summed E-state index contributed by atoms with van der Waals surface area (Å²) < 4.78 is 38.2. The lowest BCUT2D eigenvalue weighted by Crippen LogP contribution is -2.25. The molecule has 0 aromatic carbocycles. The van der Waals surface area contributed by atoms with Crippen LogP contribution in [-0.4, -0.2) is 21.1 Å². The number of nitrogens with zero attached hydrogens (tertiary/aromatic N) is 2. The summed E-state index contributed by atoms with van der Waals surface area (Å²) in [5.41, 5.74) is 2.71. The maximum absolute atomic E-state index is 12.7. The third-order valence-corrected chi connectivity index (χ3v) is 4.43. The van der Waals surface area contributed by atoms with Gasteiger partial charge in [-0.2, -0.15) is 18.3 Å². The molecule has 9 heteroatoms. The van der Waals surface area contributed by atoms with Crippen molar-refractivity contribution in [1.82, 2.24) is 20.5 Å². The van der Waals surface area contributed by atoms with E-state index in [-0.39, 0.29) is 6.54 Å². The molecule has 1 amide bonds. The number of fused-ring (bicyclic) bond motifs is 1. The second-order valence-electron chi connectivity index (χ2n) is 5.05. The SMILES string of the molecule is O=C(NCc1n[nH]c2c1CCCC2)c1scnc1C(F)(F)F. The lowest BCUT2D eigenvalue weighted by atomic mass is 9.96. The number of halogens is 3. The van der Waals surface area contributed by atoms with Crippen molar-refractivity contribution in [3.63, 3.8) is 0 Å². The molecule has 2 aromatic rings. The number of hydrogen-bond donors (Lipinski definition) is 2. The number of alkyl halides is 3. The first-order chi connectivity index (χ1) is 10.5. The van der Waals surface area contributed by atoms with Crippen LogP contribution in [0.2, 0.25) is 0 Å². The number of carbonyl (C=O) groups excluding carboxylic acids is 1. The van der Waals surface area contributed by atoms with Crippen molar-refractivity contribution >= 4 is 17.2 Å². The lowest BCUT2D eigenvalue weighted by Gasteiger charge is -2.11. The molecule has 5 nitrogen and oxygen atoms in total. The first kappa shape index (κ1) is 15.0. The Balaban J connectivity index is 1.71. The second kappa shape index (κ2) is 5.71. The van der Waals surface area contributed by atoms with Gasteiger partial charge in [-0.3, -0.25) is 9.89 Å². The third-order valence-electron chi connectivity index (χ3n) is 3.60. The fraction of sp³-hybridized carbons (Fsp3) is 0.462. The van der Waals surface area contributed by atoms with Crippen molar-refractivity contribution in [2.24, 2.45) is 0 Å². The number of aromatic amines is 1. The van der Waals surface area contributed by atoms with E-state index in [1.807, 2.05) is 0 Å². The van der Waals surface area contributed by atoms with Gasteiger partial charge in [-0.25, -0.2) is 4.98 Å². The first-order valence-electron chi connectivity index (χ1n) is 6.80. The normalized spacial score (nSPS) is 14.7. The third kappa shape index (κ3) is 2.85. The Morgan fingerprint density at radius 1 is 1.36 bits per heavy atom. The van der Waals surface area contributed by atoms with Gasteiger partial charge in [-0.15, -0.1) is 11.3 Å². The van der Waals surface area contributed by atoms with Crippen LogP contribution in [0.3, 0.4) is 0 Å². The highest BCUT2D eigenvalue weighted by Crippen LogP contribution is 2.32. The number of carbonyl (C=O) groups is 1. The maximum atomic E-state index is 12.7. The predicted molar refractivity (Wildman–Crippen MR) is 73.5 cm³/mol. The molecule has 0 spiro atoms. The molecule has 0 radical (unpaired) electrons.